The van der Waals surface area contributed by atoms with Crippen LogP contribution in [0.4, 0.5) is 0 Å². The number of hydrogen-bond donors (Lipinski definition) is 2. The van der Waals surface area contributed by atoms with Gasteiger partial charge in [-0.2, -0.15) is 0 Å². The summed E-state index contributed by atoms with van der Waals surface area (Å²) in [5, 5.41) is 2.41. The summed E-state index contributed by atoms with van der Waals surface area (Å²) in [6.45, 7) is -0.106. The summed E-state index contributed by atoms with van der Waals surface area (Å²) in [5.74, 6) is -0.791. The standard InChI is InChI=1S/C16H26Br2N2O2/c17-14(18)11-9-7-5-3-1-2-4-6-8-10-12-16(22)20-13-15(19)21/h10-12H,1-9,13H2,(H2,19,21)(H,20,22). The van der Waals surface area contributed by atoms with E-state index in [0.717, 1.165) is 22.7 Å². The van der Waals surface area contributed by atoms with E-state index in [1.807, 2.05) is 6.08 Å². The Morgan fingerprint density at radius 2 is 1.45 bits per heavy atom. The number of nitrogens with two attached hydrogens (primary N) is 1. The van der Waals surface area contributed by atoms with Crippen molar-refractivity contribution in [2.75, 3.05) is 6.54 Å². The fourth-order valence-corrected chi connectivity index (χ4v) is 2.38. The Hall–Kier alpha value is -0.620. The Kier molecular flexibility index (Phi) is 14.9. The van der Waals surface area contributed by atoms with Crippen molar-refractivity contribution in [2.24, 2.45) is 5.73 Å². The summed E-state index contributed by atoms with van der Waals surface area (Å²) in [5.41, 5.74) is 4.93. The Balaban J connectivity index is 3.31. The molecule has 2 amide bonds. The number of amides is 2. The van der Waals surface area contributed by atoms with Crippen LogP contribution in [0.1, 0.15) is 57.8 Å². The lowest BCUT2D eigenvalue weighted by atomic mass is 10.1. The molecule has 0 bridgehead atoms. The zero-order valence-electron chi connectivity index (χ0n) is 13.0. The second-order valence-electron chi connectivity index (χ2n) is 5.13. The number of nitrogens with one attached hydrogen (secondary N) is 1. The third-order valence-electron chi connectivity index (χ3n) is 3.08. The number of halogens is 2. The molecule has 0 aliphatic rings. The topological polar surface area (TPSA) is 72.2 Å². The van der Waals surface area contributed by atoms with Gasteiger partial charge in [0.25, 0.3) is 0 Å². The van der Waals surface area contributed by atoms with E-state index >= 15 is 0 Å². The van der Waals surface area contributed by atoms with E-state index in [4.69, 9.17) is 5.73 Å². The van der Waals surface area contributed by atoms with E-state index in [9.17, 15) is 9.59 Å². The molecule has 0 aliphatic carbocycles. The number of carbonyl (C=O) groups is 2. The van der Waals surface area contributed by atoms with Crippen molar-refractivity contribution in [2.45, 2.75) is 57.8 Å². The highest BCUT2D eigenvalue weighted by Gasteiger charge is 1.97. The molecule has 0 saturated carbocycles. The van der Waals surface area contributed by atoms with Crippen LogP contribution in [0.2, 0.25) is 0 Å². The zero-order chi connectivity index (χ0) is 16.6. The lowest BCUT2D eigenvalue weighted by Crippen LogP contribution is -2.32. The summed E-state index contributed by atoms with van der Waals surface area (Å²) in [6.07, 6.45) is 16.1. The van der Waals surface area contributed by atoms with Crippen LogP contribution in [0.5, 0.6) is 0 Å². The minimum Gasteiger partial charge on any atom is -0.368 e. The van der Waals surface area contributed by atoms with Crippen LogP contribution in [0.15, 0.2) is 21.6 Å². The first-order valence-corrected chi connectivity index (χ1v) is 9.35. The molecule has 126 valence electrons. The van der Waals surface area contributed by atoms with Gasteiger partial charge in [-0.1, -0.05) is 44.3 Å². The summed E-state index contributed by atoms with van der Waals surface area (Å²) in [7, 11) is 0. The molecule has 0 fully saturated rings. The lowest BCUT2D eigenvalue weighted by molar-refractivity contribution is -0.122. The predicted molar refractivity (Wildman–Crippen MR) is 98.8 cm³/mol. The minimum absolute atomic E-state index is 0.106. The lowest BCUT2D eigenvalue weighted by Gasteiger charge is -2.00. The van der Waals surface area contributed by atoms with Crippen LogP contribution in [-0.4, -0.2) is 18.4 Å². The van der Waals surface area contributed by atoms with Gasteiger partial charge in [-0.05, 0) is 63.6 Å². The van der Waals surface area contributed by atoms with Crippen molar-refractivity contribution in [3.05, 3.63) is 21.6 Å². The molecule has 0 atom stereocenters. The molecule has 0 aromatic heterocycles. The quantitative estimate of drug-likeness (QED) is 0.333. The van der Waals surface area contributed by atoms with E-state index in [1.165, 1.54) is 44.6 Å². The van der Waals surface area contributed by atoms with Gasteiger partial charge in [0.05, 0.1) is 9.94 Å². The normalized spacial score (nSPS) is 10.6. The van der Waals surface area contributed by atoms with E-state index in [-0.39, 0.29) is 12.5 Å². The van der Waals surface area contributed by atoms with Crippen LogP contribution in [0.25, 0.3) is 0 Å². The van der Waals surface area contributed by atoms with Crippen LogP contribution in [0, 0.1) is 0 Å². The van der Waals surface area contributed by atoms with E-state index < -0.39 is 5.91 Å². The first kappa shape index (κ1) is 21.4. The van der Waals surface area contributed by atoms with Gasteiger partial charge < -0.3 is 11.1 Å². The molecule has 0 unspecified atom stereocenters. The molecule has 0 heterocycles. The fraction of sp³-hybridized carbons (Fsp3) is 0.625. The number of unbranched alkanes of at least 4 members (excludes halogenated alkanes) is 8. The number of allylic oxidation sites excluding steroid dienone is 2. The molecule has 0 spiro atoms. The maximum atomic E-state index is 11.2. The smallest absolute Gasteiger partial charge is 0.244 e. The van der Waals surface area contributed by atoms with Crippen molar-refractivity contribution in [1.29, 1.82) is 0 Å². The van der Waals surface area contributed by atoms with Gasteiger partial charge in [0.1, 0.15) is 0 Å². The van der Waals surface area contributed by atoms with Gasteiger partial charge >= 0.3 is 0 Å². The van der Waals surface area contributed by atoms with Crippen LogP contribution >= 0.6 is 31.9 Å². The molecule has 4 nitrogen and oxygen atoms in total. The van der Waals surface area contributed by atoms with E-state index in [2.05, 4.69) is 43.3 Å². The molecular weight excluding hydrogens is 412 g/mol. The largest absolute Gasteiger partial charge is 0.368 e. The average Bonchev–Trinajstić information content (AvgIpc) is 2.45. The zero-order valence-corrected chi connectivity index (χ0v) is 16.1. The maximum Gasteiger partial charge on any atom is 0.244 e. The highest BCUT2D eigenvalue weighted by atomic mass is 79.9. The highest BCUT2D eigenvalue weighted by molar-refractivity contribution is 9.28. The number of hydrogen-bond acceptors (Lipinski definition) is 2. The molecule has 0 radical (unpaired) electrons. The average molecular weight is 438 g/mol. The SMILES string of the molecule is NC(=O)CNC(=O)C=CCCCCCCCCCC=C(Br)Br. The van der Waals surface area contributed by atoms with Gasteiger partial charge in [-0.25, -0.2) is 0 Å². The van der Waals surface area contributed by atoms with Gasteiger partial charge in [-0.15, -0.1) is 0 Å². The van der Waals surface area contributed by atoms with E-state index in [0.29, 0.717) is 0 Å². The van der Waals surface area contributed by atoms with Crippen molar-refractivity contribution in [3.8, 4) is 0 Å². The Morgan fingerprint density at radius 1 is 0.909 bits per heavy atom. The van der Waals surface area contributed by atoms with Gasteiger partial charge in [-0.3, -0.25) is 9.59 Å². The van der Waals surface area contributed by atoms with Crippen molar-refractivity contribution in [3.63, 3.8) is 0 Å². The molecule has 0 aromatic rings. The van der Waals surface area contributed by atoms with Crippen molar-refractivity contribution >= 4 is 43.7 Å². The Labute approximate surface area is 150 Å². The Bertz CT molecular complexity index is 378. The van der Waals surface area contributed by atoms with Crippen LogP contribution in [0.3, 0.4) is 0 Å². The monoisotopic (exact) mass is 436 g/mol. The maximum absolute atomic E-state index is 11.2. The molecule has 0 aliphatic heterocycles. The van der Waals surface area contributed by atoms with Crippen LogP contribution < -0.4 is 11.1 Å². The second-order valence-corrected chi connectivity index (χ2v) is 7.91. The molecule has 0 aromatic carbocycles. The molecule has 22 heavy (non-hydrogen) atoms. The summed E-state index contributed by atoms with van der Waals surface area (Å²) < 4.78 is 1.04. The third-order valence-corrected chi connectivity index (χ3v) is 3.73. The second kappa shape index (κ2) is 15.3. The van der Waals surface area contributed by atoms with Crippen molar-refractivity contribution in [1.82, 2.24) is 5.32 Å². The first-order valence-electron chi connectivity index (χ1n) is 7.76. The third kappa shape index (κ3) is 17.4. The summed E-state index contributed by atoms with van der Waals surface area (Å²) in [4.78, 5) is 21.7. The van der Waals surface area contributed by atoms with Crippen molar-refractivity contribution < 1.29 is 9.59 Å². The predicted octanol–water partition coefficient (Wildman–Crippen LogP) is 4.29. The molecule has 3 N–H and O–H groups in total. The van der Waals surface area contributed by atoms with Gasteiger partial charge in [0.2, 0.25) is 11.8 Å². The molecule has 0 saturated heterocycles. The van der Waals surface area contributed by atoms with Gasteiger partial charge in [0, 0.05) is 0 Å². The fourth-order valence-electron chi connectivity index (χ4n) is 1.93. The number of primary amides is 1. The Morgan fingerprint density at radius 3 is 2.00 bits per heavy atom. The molecular formula is C16H26Br2N2O2. The summed E-state index contributed by atoms with van der Waals surface area (Å²) >= 11 is 6.70. The van der Waals surface area contributed by atoms with Gasteiger partial charge in [0.15, 0.2) is 0 Å². The van der Waals surface area contributed by atoms with E-state index in [1.54, 1.807) is 0 Å². The van der Waals surface area contributed by atoms with Crippen LogP contribution in [-0.2, 0) is 9.59 Å². The highest BCUT2D eigenvalue weighted by Crippen LogP contribution is 2.16. The summed E-state index contributed by atoms with van der Waals surface area (Å²) in [6, 6.07) is 0. The number of carbonyl (C=O) groups excluding carboxylic acids is 2. The minimum atomic E-state index is -0.530. The first-order chi connectivity index (χ1) is 10.5. The molecule has 6 heteroatoms. The molecule has 0 rings (SSSR count). The number of rotatable bonds is 13.